The van der Waals surface area contributed by atoms with Crippen LogP contribution in [0.1, 0.15) is 12.0 Å². The maximum absolute atomic E-state index is 12.0. The third-order valence-electron chi connectivity index (χ3n) is 3.18. The molecule has 1 saturated heterocycles. The summed E-state index contributed by atoms with van der Waals surface area (Å²) in [6.45, 7) is 1.96. The molecule has 6 nitrogen and oxygen atoms in total. The summed E-state index contributed by atoms with van der Waals surface area (Å²) in [4.78, 5) is 13.4. The normalized spacial score (nSPS) is 19.8. The minimum atomic E-state index is -3.71. The molecule has 1 aliphatic rings. The van der Waals surface area contributed by atoms with Crippen LogP contribution in [0.4, 0.5) is 5.69 Å². The molecule has 7 heteroatoms. The van der Waals surface area contributed by atoms with Crippen LogP contribution in [-0.4, -0.2) is 33.2 Å². The van der Waals surface area contributed by atoms with Crippen LogP contribution >= 0.6 is 0 Å². The molecule has 0 saturated carbocycles. The predicted molar refractivity (Wildman–Crippen MR) is 71.6 cm³/mol. The zero-order chi connectivity index (χ0) is 14.2. The summed E-state index contributed by atoms with van der Waals surface area (Å²) in [7, 11) is -2.20. The molecule has 0 bridgehead atoms. The summed E-state index contributed by atoms with van der Waals surface area (Å²) >= 11 is 0. The zero-order valence-electron chi connectivity index (χ0n) is 10.8. The maximum Gasteiger partial charge on any atom is 0.228 e. The van der Waals surface area contributed by atoms with Crippen LogP contribution in [0.15, 0.2) is 18.2 Å². The monoisotopic (exact) mass is 284 g/mol. The Bertz CT molecular complexity index is 612. The average molecular weight is 284 g/mol. The molecule has 1 aliphatic heterocycles. The van der Waals surface area contributed by atoms with Crippen LogP contribution in [0.2, 0.25) is 0 Å². The number of carbonyl (C=O) groups is 1. The number of nitrogens with zero attached hydrogens (tertiary/aromatic N) is 1. The van der Waals surface area contributed by atoms with Crippen molar-refractivity contribution < 1.29 is 17.9 Å². The molecule has 0 aromatic heterocycles. The van der Waals surface area contributed by atoms with Gasteiger partial charge in [-0.15, -0.1) is 0 Å². The minimum Gasteiger partial charge on any atom is -0.495 e. The van der Waals surface area contributed by atoms with Gasteiger partial charge in [-0.2, -0.15) is 0 Å². The Morgan fingerprint density at radius 1 is 1.42 bits per heavy atom. The lowest BCUT2D eigenvalue weighted by molar-refractivity contribution is -0.117. The fraction of sp³-hybridized carbons (Fsp3) is 0.417. The van der Waals surface area contributed by atoms with Crippen molar-refractivity contribution in [1.82, 2.24) is 0 Å². The van der Waals surface area contributed by atoms with Crippen LogP contribution in [0.25, 0.3) is 0 Å². The van der Waals surface area contributed by atoms with Crippen LogP contribution < -0.4 is 14.8 Å². The fourth-order valence-corrected chi connectivity index (χ4v) is 2.87. The largest absolute Gasteiger partial charge is 0.495 e. The van der Waals surface area contributed by atoms with Gasteiger partial charge in [0.1, 0.15) is 11.0 Å². The van der Waals surface area contributed by atoms with E-state index >= 15 is 0 Å². The van der Waals surface area contributed by atoms with E-state index in [2.05, 4.69) is 0 Å². The van der Waals surface area contributed by atoms with Crippen LogP contribution in [0, 0.1) is 6.92 Å². The molecule has 1 fully saturated rings. The maximum atomic E-state index is 12.0. The molecule has 1 heterocycles. The summed E-state index contributed by atoms with van der Waals surface area (Å²) in [5, 5.41) is 4.25. The van der Waals surface area contributed by atoms with Gasteiger partial charge in [-0.3, -0.25) is 4.79 Å². The number of primary sulfonamides is 1. The first-order valence-electron chi connectivity index (χ1n) is 5.79. The highest BCUT2D eigenvalue weighted by atomic mass is 32.2. The molecule has 0 spiro atoms. The highest BCUT2D eigenvalue weighted by molar-refractivity contribution is 7.89. The number of hydrogen-bond acceptors (Lipinski definition) is 4. The first-order chi connectivity index (χ1) is 8.82. The number of ether oxygens (including phenoxy) is 1. The predicted octanol–water partition coefficient (Wildman–Crippen LogP) is 0.397. The van der Waals surface area contributed by atoms with Gasteiger partial charge in [0.25, 0.3) is 0 Å². The van der Waals surface area contributed by atoms with E-state index in [1.165, 1.54) is 12.0 Å². The van der Waals surface area contributed by atoms with Gasteiger partial charge in [-0.05, 0) is 24.6 Å². The number of amides is 1. The van der Waals surface area contributed by atoms with Crippen LogP contribution in [-0.2, 0) is 14.8 Å². The number of carbonyl (C=O) groups excluding carboxylic acids is 1. The smallest absolute Gasteiger partial charge is 0.228 e. The summed E-state index contributed by atoms with van der Waals surface area (Å²) in [5.74, 6) is 0.275. The zero-order valence-corrected chi connectivity index (χ0v) is 11.6. The van der Waals surface area contributed by atoms with E-state index in [-0.39, 0.29) is 18.9 Å². The number of hydrogen-bond donors (Lipinski definition) is 1. The van der Waals surface area contributed by atoms with Crippen molar-refractivity contribution in [2.24, 2.45) is 5.14 Å². The van der Waals surface area contributed by atoms with Crippen molar-refractivity contribution in [2.45, 2.75) is 18.6 Å². The molecule has 2 rings (SSSR count). The second kappa shape index (κ2) is 4.82. The Labute approximate surface area is 112 Å². The van der Waals surface area contributed by atoms with E-state index in [9.17, 15) is 13.2 Å². The van der Waals surface area contributed by atoms with E-state index in [4.69, 9.17) is 9.88 Å². The minimum absolute atomic E-state index is 0.0669. The SMILES string of the molecule is COc1ccc(C)cc1N1CC(S(N)(=O)=O)CC1=O. The highest BCUT2D eigenvalue weighted by Crippen LogP contribution is 2.33. The molecule has 0 radical (unpaired) electrons. The van der Waals surface area contributed by atoms with Crippen molar-refractivity contribution in [2.75, 3.05) is 18.6 Å². The van der Waals surface area contributed by atoms with Gasteiger partial charge >= 0.3 is 0 Å². The third kappa shape index (κ3) is 2.71. The van der Waals surface area contributed by atoms with Crippen molar-refractivity contribution in [3.05, 3.63) is 23.8 Å². The van der Waals surface area contributed by atoms with Crippen molar-refractivity contribution in [3.63, 3.8) is 0 Å². The second-order valence-electron chi connectivity index (χ2n) is 4.59. The van der Waals surface area contributed by atoms with E-state index in [0.717, 1.165) is 5.56 Å². The van der Waals surface area contributed by atoms with Gasteiger partial charge in [0, 0.05) is 13.0 Å². The van der Waals surface area contributed by atoms with E-state index in [0.29, 0.717) is 11.4 Å². The molecule has 104 valence electrons. The highest BCUT2D eigenvalue weighted by Gasteiger charge is 2.38. The van der Waals surface area contributed by atoms with Crippen molar-refractivity contribution >= 4 is 21.6 Å². The molecule has 1 aromatic carbocycles. The number of aryl methyl sites for hydroxylation is 1. The molecule has 19 heavy (non-hydrogen) atoms. The van der Waals surface area contributed by atoms with Gasteiger partial charge in [0.2, 0.25) is 15.9 Å². The Hall–Kier alpha value is -1.60. The van der Waals surface area contributed by atoms with Gasteiger partial charge in [-0.25, -0.2) is 13.6 Å². The molecule has 2 N–H and O–H groups in total. The number of benzene rings is 1. The number of rotatable bonds is 3. The molecule has 0 aliphatic carbocycles. The quantitative estimate of drug-likeness (QED) is 0.869. The topological polar surface area (TPSA) is 89.7 Å². The summed E-state index contributed by atoms with van der Waals surface area (Å²) < 4.78 is 27.9. The average Bonchev–Trinajstić information content (AvgIpc) is 2.71. The molecular weight excluding hydrogens is 268 g/mol. The van der Waals surface area contributed by atoms with Crippen LogP contribution in [0.5, 0.6) is 5.75 Å². The number of nitrogens with two attached hydrogens (primary N) is 1. The summed E-state index contributed by atoms with van der Waals surface area (Å²) in [6, 6.07) is 5.41. The third-order valence-corrected chi connectivity index (χ3v) is 4.42. The Balaban J connectivity index is 2.38. The Kier molecular flexibility index (Phi) is 3.51. The lowest BCUT2D eigenvalue weighted by Crippen LogP contribution is -2.32. The standard InChI is InChI=1S/C12H16N2O4S/c1-8-3-4-11(18-2)10(5-8)14-7-9(6-12(14)15)19(13,16)17/h3-5,9H,6-7H2,1-2H3,(H2,13,16,17). The van der Waals surface area contributed by atoms with E-state index < -0.39 is 15.3 Å². The molecule has 1 aromatic rings. The number of anilines is 1. The first kappa shape index (κ1) is 13.8. The fourth-order valence-electron chi connectivity index (χ4n) is 2.14. The molecule has 1 amide bonds. The Morgan fingerprint density at radius 3 is 2.63 bits per heavy atom. The second-order valence-corrected chi connectivity index (χ2v) is 6.44. The van der Waals surface area contributed by atoms with E-state index in [1.54, 1.807) is 12.1 Å². The summed E-state index contributed by atoms with van der Waals surface area (Å²) in [5.41, 5.74) is 1.54. The van der Waals surface area contributed by atoms with Crippen molar-refractivity contribution in [3.8, 4) is 5.75 Å². The first-order valence-corrected chi connectivity index (χ1v) is 7.40. The van der Waals surface area contributed by atoms with Crippen molar-refractivity contribution in [1.29, 1.82) is 0 Å². The van der Waals surface area contributed by atoms with Gasteiger partial charge in [-0.1, -0.05) is 6.07 Å². The number of methoxy groups -OCH3 is 1. The van der Waals surface area contributed by atoms with Gasteiger partial charge < -0.3 is 9.64 Å². The Morgan fingerprint density at radius 2 is 2.11 bits per heavy atom. The van der Waals surface area contributed by atoms with Gasteiger partial charge in [0.05, 0.1) is 12.8 Å². The molecular formula is C12H16N2O4S. The van der Waals surface area contributed by atoms with Gasteiger partial charge in [0.15, 0.2) is 0 Å². The lowest BCUT2D eigenvalue weighted by Gasteiger charge is -2.19. The molecule has 1 atom stereocenters. The van der Waals surface area contributed by atoms with Crippen LogP contribution in [0.3, 0.4) is 0 Å². The molecule has 1 unspecified atom stereocenters. The summed E-state index contributed by atoms with van der Waals surface area (Å²) in [6.07, 6.45) is -0.0874. The number of sulfonamides is 1. The van der Waals surface area contributed by atoms with E-state index in [1.807, 2.05) is 13.0 Å². The lowest BCUT2D eigenvalue weighted by atomic mass is 10.2.